The molecule has 2 aliphatic rings. The average Bonchev–Trinajstić information content (AvgIpc) is 2.61. The second-order valence-corrected chi connectivity index (χ2v) is 5.79. The molecule has 0 aromatic carbocycles. The summed E-state index contributed by atoms with van der Waals surface area (Å²) < 4.78 is 0. The molecule has 0 saturated heterocycles. The summed E-state index contributed by atoms with van der Waals surface area (Å²) in [4.78, 5) is 1.31. The van der Waals surface area contributed by atoms with Gasteiger partial charge >= 0.3 is 0 Å². The SMILES string of the molecule is CC1=CCC(C2=C(N)CC(C)=C(N)C2=N)S1. The van der Waals surface area contributed by atoms with E-state index >= 15 is 0 Å². The third-order valence-corrected chi connectivity index (χ3v) is 4.32. The van der Waals surface area contributed by atoms with Crippen molar-refractivity contribution in [3.05, 3.63) is 33.5 Å². The fourth-order valence-electron chi connectivity index (χ4n) is 2.13. The van der Waals surface area contributed by atoms with Crippen LogP contribution in [0.25, 0.3) is 0 Å². The predicted octanol–water partition coefficient (Wildman–Crippen LogP) is 2.26. The van der Waals surface area contributed by atoms with E-state index < -0.39 is 0 Å². The van der Waals surface area contributed by atoms with Gasteiger partial charge in [0.05, 0.1) is 11.4 Å². The van der Waals surface area contributed by atoms with E-state index in [0.717, 1.165) is 23.3 Å². The molecule has 0 saturated carbocycles. The van der Waals surface area contributed by atoms with Crippen LogP contribution in [0.5, 0.6) is 0 Å². The molecular formula is C12H17N3S. The molecule has 1 heterocycles. The quantitative estimate of drug-likeness (QED) is 0.652. The van der Waals surface area contributed by atoms with Gasteiger partial charge in [-0.05, 0) is 30.7 Å². The zero-order valence-electron chi connectivity index (χ0n) is 9.63. The summed E-state index contributed by atoms with van der Waals surface area (Å²) in [5.41, 5.74) is 15.8. The number of allylic oxidation sites excluding steroid dienone is 4. The Bertz CT molecular complexity index is 443. The van der Waals surface area contributed by atoms with Crippen LogP contribution < -0.4 is 11.5 Å². The molecule has 86 valence electrons. The number of nitrogens with one attached hydrogen (secondary N) is 1. The normalized spacial score (nSPS) is 26.5. The Morgan fingerprint density at radius 1 is 1.38 bits per heavy atom. The van der Waals surface area contributed by atoms with Crippen molar-refractivity contribution in [3.8, 4) is 0 Å². The van der Waals surface area contributed by atoms with Crippen molar-refractivity contribution in [1.29, 1.82) is 5.41 Å². The van der Waals surface area contributed by atoms with E-state index in [0.29, 0.717) is 23.1 Å². The zero-order chi connectivity index (χ0) is 11.9. The third-order valence-electron chi connectivity index (χ3n) is 3.07. The molecule has 1 aliphatic carbocycles. The van der Waals surface area contributed by atoms with Crippen LogP contribution in [0.2, 0.25) is 0 Å². The summed E-state index contributed by atoms with van der Waals surface area (Å²) in [6.45, 7) is 4.04. The van der Waals surface area contributed by atoms with Gasteiger partial charge < -0.3 is 11.5 Å². The molecule has 5 N–H and O–H groups in total. The lowest BCUT2D eigenvalue weighted by molar-refractivity contribution is 0.951. The van der Waals surface area contributed by atoms with Gasteiger partial charge in [-0.25, -0.2) is 0 Å². The van der Waals surface area contributed by atoms with E-state index in [-0.39, 0.29) is 0 Å². The lowest BCUT2D eigenvalue weighted by Gasteiger charge is -2.24. The van der Waals surface area contributed by atoms with Gasteiger partial charge in [-0.1, -0.05) is 6.08 Å². The first kappa shape index (κ1) is 11.3. The van der Waals surface area contributed by atoms with Crippen LogP contribution in [0.3, 0.4) is 0 Å². The molecule has 0 spiro atoms. The monoisotopic (exact) mass is 235 g/mol. The predicted molar refractivity (Wildman–Crippen MR) is 70.2 cm³/mol. The maximum absolute atomic E-state index is 8.09. The Hall–Kier alpha value is -1.16. The maximum Gasteiger partial charge on any atom is 0.0829 e. The molecular weight excluding hydrogens is 218 g/mol. The van der Waals surface area contributed by atoms with Gasteiger partial charge in [-0.15, -0.1) is 11.8 Å². The highest BCUT2D eigenvalue weighted by Crippen LogP contribution is 2.39. The van der Waals surface area contributed by atoms with Crippen LogP contribution >= 0.6 is 11.8 Å². The Balaban J connectivity index is 2.28. The van der Waals surface area contributed by atoms with Gasteiger partial charge in [0.25, 0.3) is 0 Å². The highest BCUT2D eigenvalue weighted by molar-refractivity contribution is 8.04. The molecule has 1 atom stereocenters. The van der Waals surface area contributed by atoms with Crippen molar-refractivity contribution in [2.45, 2.75) is 31.9 Å². The first-order chi connectivity index (χ1) is 7.50. The summed E-state index contributed by atoms with van der Waals surface area (Å²) in [6, 6.07) is 0. The minimum atomic E-state index is 0.291. The lowest BCUT2D eigenvalue weighted by atomic mass is 9.90. The third kappa shape index (κ3) is 1.78. The molecule has 3 nitrogen and oxygen atoms in total. The van der Waals surface area contributed by atoms with Crippen molar-refractivity contribution in [3.63, 3.8) is 0 Å². The fourth-order valence-corrected chi connectivity index (χ4v) is 3.35. The Morgan fingerprint density at radius 3 is 2.62 bits per heavy atom. The Kier molecular flexibility index (Phi) is 2.84. The number of thioether (sulfide) groups is 1. The molecule has 0 aromatic heterocycles. The maximum atomic E-state index is 8.09. The largest absolute Gasteiger partial charge is 0.401 e. The lowest BCUT2D eigenvalue weighted by Crippen LogP contribution is -2.28. The van der Waals surface area contributed by atoms with E-state index in [4.69, 9.17) is 16.9 Å². The minimum absolute atomic E-state index is 0.291. The molecule has 1 aliphatic heterocycles. The summed E-state index contributed by atoms with van der Waals surface area (Å²) in [5.74, 6) is 0. The molecule has 0 radical (unpaired) electrons. The van der Waals surface area contributed by atoms with Gasteiger partial charge in [-0.3, -0.25) is 5.41 Å². The van der Waals surface area contributed by atoms with Crippen LogP contribution in [0.1, 0.15) is 26.7 Å². The Morgan fingerprint density at radius 2 is 2.06 bits per heavy atom. The van der Waals surface area contributed by atoms with E-state index in [9.17, 15) is 0 Å². The van der Waals surface area contributed by atoms with E-state index in [1.165, 1.54) is 4.91 Å². The minimum Gasteiger partial charge on any atom is -0.401 e. The Labute approximate surface area is 100 Å². The standard InChI is InChI=1S/C12H17N3S/c1-6-5-8(13)10(12(15)11(6)14)9-4-3-7(2)16-9/h3,9,15H,4-5,13-14H2,1-2H3. The van der Waals surface area contributed by atoms with Gasteiger partial charge in [0, 0.05) is 22.9 Å². The second-order valence-electron chi connectivity index (χ2n) is 4.34. The van der Waals surface area contributed by atoms with Crippen molar-refractivity contribution in [2.75, 3.05) is 0 Å². The number of nitrogens with two attached hydrogens (primary N) is 2. The van der Waals surface area contributed by atoms with Gasteiger partial charge in [0.1, 0.15) is 0 Å². The first-order valence-corrected chi connectivity index (χ1v) is 6.25. The second kappa shape index (κ2) is 4.01. The molecule has 0 bridgehead atoms. The van der Waals surface area contributed by atoms with Crippen LogP contribution in [-0.4, -0.2) is 11.0 Å². The number of hydrogen-bond acceptors (Lipinski definition) is 4. The van der Waals surface area contributed by atoms with Gasteiger partial charge in [-0.2, -0.15) is 0 Å². The first-order valence-electron chi connectivity index (χ1n) is 5.37. The summed E-state index contributed by atoms with van der Waals surface area (Å²) in [5, 5.41) is 8.38. The van der Waals surface area contributed by atoms with E-state index in [2.05, 4.69) is 13.0 Å². The van der Waals surface area contributed by atoms with Crippen molar-refractivity contribution >= 4 is 17.5 Å². The summed E-state index contributed by atoms with van der Waals surface area (Å²) >= 11 is 1.79. The van der Waals surface area contributed by atoms with Gasteiger partial charge in [0.2, 0.25) is 0 Å². The average molecular weight is 235 g/mol. The number of rotatable bonds is 1. The fraction of sp³-hybridized carbons (Fsp3) is 0.417. The molecule has 0 aromatic rings. The van der Waals surface area contributed by atoms with Crippen molar-refractivity contribution in [2.24, 2.45) is 11.5 Å². The molecule has 1 unspecified atom stereocenters. The smallest absolute Gasteiger partial charge is 0.0829 e. The van der Waals surface area contributed by atoms with E-state index in [1.807, 2.05) is 6.92 Å². The van der Waals surface area contributed by atoms with Gasteiger partial charge in [0.15, 0.2) is 0 Å². The number of hydrogen-bond donors (Lipinski definition) is 3. The molecule has 0 fully saturated rings. The topological polar surface area (TPSA) is 75.9 Å². The van der Waals surface area contributed by atoms with Crippen molar-refractivity contribution in [1.82, 2.24) is 0 Å². The zero-order valence-corrected chi connectivity index (χ0v) is 10.4. The highest BCUT2D eigenvalue weighted by atomic mass is 32.2. The summed E-state index contributed by atoms with van der Waals surface area (Å²) in [7, 11) is 0. The molecule has 2 rings (SSSR count). The van der Waals surface area contributed by atoms with Crippen LogP contribution in [0.4, 0.5) is 0 Å². The van der Waals surface area contributed by atoms with Crippen LogP contribution in [0, 0.1) is 5.41 Å². The molecule has 0 amide bonds. The van der Waals surface area contributed by atoms with E-state index in [1.54, 1.807) is 11.8 Å². The molecule has 16 heavy (non-hydrogen) atoms. The summed E-state index contributed by atoms with van der Waals surface area (Å²) in [6.07, 6.45) is 3.87. The van der Waals surface area contributed by atoms with Crippen LogP contribution in [0.15, 0.2) is 33.5 Å². The highest BCUT2D eigenvalue weighted by Gasteiger charge is 2.29. The van der Waals surface area contributed by atoms with Crippen LogP contribution in [-0.2, 0) is 0 Å². The molecule has 4 heteroatoms. The van der Waals surface area contributed by atoms with Crippen molar-refractivity contribution < 1.29 is 0 Å².